The molecular formula is C13H18O3. The zero-order valence-corrected chi connectivity index (χ0v) is 9.77. The highest BCUT2D eigenvalue weighted by atomic mass is 16.5. The van der Waals surface area contributed by atoms with Gasteiger partial charge in [-0.25, -0.2) is 4.79 Å². The van der Waals surface area contributed by atoms with Crippen molar-refractivity contribution in [1.29, 1.82) is 0 Å². The van der Waals surface area contributed by atoms with E-state index in [-0.39, 0.29) is 0 Å². The Kier molecular flexibility index (Phi) is 4.99. The molecule has 1 aromatic rings. The van der Waals surface area contributed by atoms with Crippen LogP contribution in [0.5, 0.6) is 0 Å². The fourth-order valence-electron chi connectivity index (χ4n) is 1.41. The molecule has 3 heteroatoms. The number of aliphatic hydroxyl groups excluding tert-OH is 1. The number of esters is 1. The molecule has 0 aliphatic heterocycles. The molecule has 88 valence electrons. The van der Waals surface area contributed by atoms with Gasteiger partial charge in [0, 0.05) is 0 Å². The maximum Gasteiger partial charge on any atom is 0.334 e. The number of hydrogen-bond acceptors (Lipinski definition) is 3. The average Bonchev–Trinajstić information content (AvgIpc) is 2.28. The SMILES string of the molecule is CCOC(=O)[C@@H](O)CCc1ccc(C)cc1. The van der Waals surface area contributed by atoms with Crippen LogP contribution in [0.15, 0.2) is 24.3 Å². The van der Waals surface area contributed by atoms with Gasteiger partial charge in [0.2, 0.25) is 0 Å². The Bertz CT molecular complexity index is 330. The number of aryl methyl sites for hydroxylation is 2. The smallest absolute Gasteiger partial charge is 0.334 e. The third kappa shape index (κ3) is 4.03. The Morgan fingerprint density at radius 2 is 2.00 bits per heavy atom. The molecule has 0 unspecified atom stereocenters. The monoisotopic (exact) mass is 222 g/mol. The minimum absolute atomic E-state index is 0.306. The fraction of sp³-hybridized carbons (Fsp3) is 0.462. The number of aliphatic hydroxyl groups is 1. The van der Waals surface area contributed by atoms with Gasteiger partial charge >= 0.3 is 5.97 Å². The molecule has 16 heavy (non-hydrogen) atoms. The molecule has 0 spiro atoms. The Morgan fingerprint density at radius 3 is 2.56 bits per heavy atom. The second kappa shape index (κ2) is 6.28. The molecule has 0 heterocycles. The molecule has 0 saturated carbocycles. The van der Waals surface area contributed by atoms with E-state index in [4.69, 9.17) is 4.74 Å². The van der Waals surface area contributed by atoms with Crippen molar-refractivity contribution in [3.05, 3.63) is 35.4 Å². The van der Waals surface area contributed by atoms with Crippen molar-refractivity contribution in [2.45, 2.75) is 32.8 Å². The van der Waals surface area contributed by atoms with Gasteiger partial charge in [0.25, 0.3) is 0 Å². The van der Waals surface area contributed by atoms with E-state index in [0.717, 1.165) is 5.56 Å². The van der Waals surface area contributed by atoms with Crippen LogP contribution in [0.2, 0.25) is 0 Å². The normalized spacial score (nSPS) is 12.2. The number of hydrogen-bond donors (Lipinski definition) is 1. The van der Waals surface area contributed by atoms with Crippen molar-refractivity contribution in [3.8, 4) is 0 Å². The van der Waals surface area contributed by atoms with Gasteiger partial charge in [-0.3, -0.25) is 0 Å². The lowest BCUT2D eigenvalue weighted by molar-refractivity contribution is -0.153. The van der Waals surface area contributed by atoms with Crippen LogP contribution in [0, 0.1) is 6.92 Å². The minimum Gasteiger partial charge on any atom is -0.464 e. The molecule has 0 aliphatic rings. The first kappa shape index (κ1) is 12.7. The van der Waals surface area contributed by atoms with Gasteiger partial charge in [-0.2, -0.15) is 0 Å². The van der Waals surface area contributed by atoms with Gasteiger partial charge in [-0.05, 0) is 32.3 Å². The standard InChI is InChI=1S/C13H18O3/c1-3-16-13(15)12(14)9-8-11-6-4-10(2)5-7-11/h4-7,12,14H,3,8-9H2,1-2H3/t12-/m0/s1. The molecular weight excluding hydrogens is 204 g/mol. The molecule has 3 nitrogen and oxygen atoms in total. The lowest BCUT2D eigenvalue weighted by atomic mass is 10.1. The summed E-state index contributed by atoms with van der Waals surface area (Å²) in [7, 11) is 0. The summed E-state index contributed by atoms with van der Waals surface area (Å²) in [5.74, 6) is -0.533. The first-order chi connectivity index (χ1) is 7.63. The second-order valence-corrected chi connectivity index (χ2v) is 3.79. The predicted molar refractivity (Wildman–Crippen MR) is 62.1 cm³/mol. The Morgan fingerprint density at radius 1 is 1.38 bits per heavy atom. The zero-order chi connectivity index (χ0) is 12.0. The number of benzene rings is 1. The van der Waals surface area contributed by atoms with Gasteiger partial charge in [0.05, 0.1) is 6.61 Å². The number of ether oxygens (including phenoxy) is 1. The summed E-state index contributed by atoms with van der Waals surface area (Å²) in [5.41, 5.74) is 2.32. The van der Waals surface area contributed by atoms with Crippen LogP contribution in [0.25, 0.3) is 0 Å². The van der Waals surface area contributed by atoms with Crippen molar-refractivity contribution in [2.75, 3.05) is 6.61 Å². The Hall–Kier alpha value is -1.35. The number of rotatable bonds is 5. The van der Waals surface area contributed by atoms with Crippen LogP contribution in [0.3, 0.4) is 0 Å². The third-order valence-corrected chi connectivity index (χ3v) is 2.39. The molecule has 0 radical (unpaired) electrons. The Balaban J connectivity index is 2.39. The maximum absolute atomic E-state index is 11.1. The van der Waals surface area contributed by atoms with Crippen LogP contribution < -0.4 is 0 Å². The van der Waals surface area contributed by atoms with E-state index in [2.05, 4.69) is 0 Å². The van der Waals surface area contributed by atoms with Gasteiger partial charge < -0.3 is 9.84 Å². The van der Waals surface area contributed by atoms with Gasteiger partial charge in [-0.15, -0.1) is 0 Å². The fourth-order valence-corrected chi connectivity index (χ4v) is 1.41. The minimum atomic E-state index is -1.01. The predicted octanol–water partition coefficient (Wildman–Crippen LogP) is 1.85. The third-order valence-electron chi connectivity index (χ3n) is 2.39. The number of carbonyl (C=O) groups is 1. The summed E-state index contributed by atoms with van der Waals surface area (Å²) in [4.78, 5) is 11.1. The summed E-state index contributed by atoms with van der Waals surface area (Å²) < 4.78 is 4.72. The highest BCUT2D eigenvalue weighted by Crippen LogP contribution is 2.08. The van der Waals surface area contributed by atoms with E-state index in [9.17, 15) is 9.90 Å². The molecule has 0 aromatic heterocycles. The quantitative estimate of drug-likeness (QED) is 0.773. The highest BCUT2D eigenvalue weighted by molar-refractivity contribution is 5.74. The van der Waals surface area contributed by atoms with Crippen molar-refractivity contribution in [1.82, 2.24) is 0 Å². The van der Waals surface area contributed by atoms with E-state index >= 15 is 0 Å². The molecule has 0 saturated heterocycles. The van der Waals surface area contributed by atoms with Crippen molar-refractivity contribution < 1.29 is 14.6 Å². The van der Waals surface area contributed by atoms with Gasteiger partial charge in [0.1, 0.15) is 0 Å². The summed E-state index contributed by atoms with van der Waals surface area (Å²) in [6.07, 6.45) is 0.0727. The topological polar surface area (TPSA) is 46.5 Å². The van der Waals surface area contributed by atoms with E-state index in [1.165, 1.54) is 5.56 Å². The molecule has 1 aromatic carbocycles. The van der Waals surface area contributed by atoms with Crippen molar-refractivity contribution in [2.24, 2.45) is 0 Å². The lowest BCUT2D eigenvalue weighted by Crippen LogP contribution is -2.23. The Labute approximate surface area is 96.1 Å². The van der Waals surface area contributed by atoms with E-state index in [0.29, 0.717) is 19.4 Å². The van der Waals surface area contributed by atoms with E-state index in [1.807, 2.05) is 31.2 Å². The largest absolute Gasteiger partial charge is 0.464 e. The molecule has 1 atom stereocenters. The summed E-state index contributed by atoms with van der Waals surface area (Å²) >= 11 is 0. The summed E-state index contributed by atoms with van der Waals surface area (Å²) in [6, 6.07) is 8.05. The second-order valence-electron chi connectivity index (χ2n) is 3.79. The zero-order valence-electron chi connectivity index (χ0n) is 9.77. The molecule has 1 N–H and O–H groups in total. The summed E-state index contributed by atoms with van der Waals surface area (Å²) in [5, 5.41) is 9.49. The van der Waals surface area contributed by atoms with E-state index < -0.39 is 12.1 Å². The van der Waals surface area contributed by atoms with Crippen molar-refractivity contribution in [3.63, 3.8) is 0 Å². The van der Waals surface area contributed by atoms with E-state index in [1.54, 1.807) is 6.92 Å². The summed E-state index contributed by atoms with van der Waals surface area (Å²) in [6.45, 7) is 4.06. The molecule has 1 rings (SSSR count). The number of carbonyl (C=O) groups excluding carboxylic acids is 1. The molecule has 0 fully saturated rings. The van der Waals surface area contributed by atoms with Crippen LogP contribution in [-0.4, -0.2) is 23.8 Å². The van der Waals surface area contributed by atoms with Crippen LogP contribution in [-0.2, 0) is 16.0 Å². The molecule has 0 amide bonds. The van der Waals surface area contributed by atoms with Crippen molar-refractivity contribution >= 4 is 5.97 Å². The first-order valence-electron chi connectivity index (χ1n) is 5.53. The first-order valence-corrected chi connectivity index (χ1v) is 5.53. The lowest BCUT2D eigenvalue weighted by Gasteiger charge is -2.09. The molecule has 0 bridgehead atoms. The van der Waals surface area contributed by atoms with Crippen LogP contribution in [0.1, 0.15) is 24.5 Å². The van der Waals surface area contributed by atoms with Gasteiger partial charge in [-0.1, -0.05) is 29.8 Å². The van der Waals surface area contributed by atoms with Crippen LogP contribution >= 0.6 is 0 Å². The highest BCUT2D eigenvalue weighted by Gasteiger charge is 2.15. The maximum atomic E-state index is 11.1. The van der Waals surface area contributed by atoms with Gasteiger partial charge in [0.15, 0.2) is 6.10 Å². The average molecular weight is 222 g/mol. The molecule has 0 aliphatic carbocycles. The van der Waals surface area contributed by atoms with Crippen LogP contribution in [0.4, 0.5) is 0 Å².